The topological polar surface area (TPSA) is 70.1 Å². The van der Waals surface area contributed by atoms with Crippen LogP contribution in [0, 0.1) is 0 Å². The highest BCUT2D eigenvalue weighted by Crippen LogP contribution is 2.36. The summed E-state index contributed by atoms with van der Waals surface area (Å²) in [5.74, 6) is -0.291. The van der Waals surface area contributed by atoms with Gasteiger partial charge in [0.05, 0.1) is 11.7 Å². The van der Waals surface area contributed by atoms with Crippen molar-refractivity contribution < 1.29 is 9.53 Å². The lowest BCUT2D eigenvalue weighted by Gasteiger charge is -2.23. The van der Waals surface area contributed by atoms with Crippen LogP contribution in [0.5, 0.6) is 0 Å². The van der Waals surface area contributed by atoms with Crippen LogP contribution in [0.1, 0.15) is 43.9 Å². The van der Waals surface area contributed by atoms with E-state index in [1.807, 2.05) is 16.9 Å². The second kappa shape index (κ2) is 7.20. The molecule has 2 aromatic rings. The molecule has 124 valence electrons. The number of nitrogens with two attached hydrogens (primary N) is 1. The van der Waals surface area contributed by atoms with Crippen molar-refractivity contribution in [1.82, 2.24) is 9.78 Å². The number of carbonyl (C=O) groups excluding carboxylic acids is 1. The zero-order valence-electron chi connectivity index (χ0n) is 12.7. The molecule has 1 aromatic carbocycles. The van der Waals surface area contributed by atoms with Crippen molar-refractivity contribution in [3.05, 3.63) is 27.3 Å². The van der Waals surface area contributed by atoms with Crippen molar-refractivity contribution in [3.8, 4) is 0 Å². The quantitative estimate of drug-likeness (QED) is 0.826. The summed E-state index contributed by atoms with van der Waals surface area (Å²) in [5, 5.41) is 6.18. The number of carbonyl (C=O) groups is 1. The van der Waals surface area contributed by atoms with Gasteiger partial charge in [0.15, 0.2) is 6.23 Å². The molecule has 1 unspecified atom stereocenters. The normalized spacial score (nSPS) is 18.4. The van der Waals surface area contributed by atoms with Gasteiger partial charge in [0, 0.05) is 27.9 Å². The minimum atomic E-state index is -0.291. The molecule has 7 heteroatoms. The van der Waals surface area contributed by atoms with E-state index in [1.165, 1.54) is 0 Å². The summed E-state index contributed by atoms with van der Waals surface area (Å²) in [6.45, 7) is 0.770. The minimum absolute atomic E-state index is 0.0232. The van der Waals surface area contributed by atoms with Crippen molar-refractivity contribution in [2.24, 2.45) is 5.73 Å². The van der Waals surface area contributed by atoms with Gasteiger partial charge in [0.25, 0.3) is 0 Å². The van der Waals surface area contributed by atoms with E-state index < -0.39 is 0 Å². The van der Waals surface area contributed by atoms with Gasteiger partial charge < -0.3 is 10.5 Å². The van der Waals surface area contributed by atoms with Gasteiger partial charge in [-0.15, -0.1) is 0 Å². The second-order valence-electron chi connectivity index (χ2n) is 5.81. The van der Waals surface area contributed by atoms with Crippen LogP contribution in [0.25, 0.3) is 10.9 Å². The van der Waals surface area contributed by atoms with E-state index in [-0.39, 0.29) is 12.1 Å². The molecule has 1 aliphatic rings. The molecule has 5 nitrogen and oxygen atoms in total. The first-order chi connectivity index (χ1) is 11.1. The van der Waals surface area contributed by atoms with Gasteiger partial charge in [-0.25, -0.2) is 4.68 Å². The van der Waals surface area contributed by atoms with Crippen LogP contribution >= 0.6 is 27.5 Å². The molecule has 2 N–H and O–H groups in total. The molecule has 0 radical (unpaired) electrons. The summed E-state index contributed by atoms with van der Waals surface area (Å²) in [6, 6.07) is 1.94. The average molecular weight is 401 g/mol. The Morgan fingerprint density at radius 3 is 3.04 bits per heavy atom. The lowest BCUT2D eigenvalue weighted by molar-refractivity contribution is -0.118. The number of hydrogen-bond acceptors (Lipinski definition) is 3. The lowest BCUT2D eigenvalue weighted by Crippen LogP contribution is -2.19. The van der Waals surface area contributed by atoms with Crippen molar-refractivity contribution in [3.63, 3.8) is 0 Å². The summed E-state index contributed by atoms with van der Waals surface area (Å²) < 4.78 is 8.67. The second-order valence-corrected chi connectivity index (χ2v) is 7.01. The van der Waals surface area contributed by atoms with Gasteiger partial charge in [-0.3, -0.25) is 4.79 Å². The Morgan fingerprint density at radius 1 is 1.52 bits per heavy atom. The molecule has 0 spiro atoms. The third-order valence-electron chi connectivity index (χ3n) is 4.17. The smallest absolute Gasteiger partial charge is 0.217 e. The number of hydrogen-bond donors (Lipinski definition) is 1. The van der Waals surface area contributed by atoms with Crippen molar-refractivity contribution in [2.75, 3.05) is 6.61 Å². The number of aromatic nitrogens is 2. The number of nitrogens with zero attached hydrogens (tertiary/aromatic N) is 2. The summed E-state index contributed by atoms with van der Waals surface area (Å²) in [7, 11) is 0. The molecule has 0 bridgehead atoms. The summed E-state index contributed by atoms with van der Waals surface area (Å²) >= 11 is 10.1. The lowest BCUT2D eigenvalue weighted by atomic mass is 10.1. The van der Waals surface area contributed by atoms with Crippen molar-refractivity contribution in [2.45, 2.75) is 44.8 Å². The van der Waals surface area contributed by atoms with Crippen LogP contribution in [0.15, 0.2) is 16.7 Å². The molecule has 0 saturated carbocycles. The number of fused-ring (bicyclic) bond motifs is 1. The number of primary amides is 1. The molecule has 3 rings (SSSR count). The van der Waals surface area contributed by atoms with Crippen LogP contribution in [-0.4, -0.2) is 22.3 Å². The largest absolute Gasteiger partial charge is 0.370 e. The van der Waals surface area contributed by atoms with Gasteiger partial charge >= 0.3 is 0 Å². The van der Waals surface area contributed by atoms with Gasteiger partial charge in [-0.05, 0) is 59.7 Å². The number of ether oxygens (including phenoxy) is 1. The number of rotatable bonds is 5. The molecule has 1 atom stereocenters. The number of halogens is 2. The maximum atomic E-state index is 10.9. The highest BCUT2D eigenvalue weighted by atomic mass is 79.9. The predicted octanol–water partition coefficient (Wildman–Crippen LogP) is 3.96. The maximum Gasteiger partial charge on any atom is 0.217 e. The fraction of sp³-hybridized carbons (Fsp3) is 0.500. The fourth-order valence-corrected chi connectivity index (χ4v) is 4.10. The van der Waals surface area contributed by atoms with Crippen LogP contribution in [0.2, 0.25) is 5.02 Å². The van der Waals surface area contributed by atoms with E-state index in [9.17, 15) is 4.79 Å². The van der Waals surface area contributed by atoms with Crippen molar-refractivity contribution in [1.29, 1.82) is 0 Å². The van der Waals surface area contributed by atoms with E-state index in [4.69, 9.17) is 22.1 Å². The standard InChI is InChI=1S/C16H19BrClN3O2/c17-16-10(4-3-5-14(19)22)12(18)8-13-11(16)9-20-21(13)15-6-1-2-7-23-15/h8-9,15H,1-7H2,(H2,19,22). The van der Waals surface area contributed by atoms with Crippen LogP contribution < -0.4 is 5.73 Å². The molecule has 23 heavy (non-hydrogen) atoms. The molecule has 0 aliphatic carbocycles. The Balaban J connectivity index is 1.92. The Bertz CT molecular complexity index is 726. The van der Waals surface area contributed by atoms with E-state index in [2.05, 4.69) is 21.0 Å². The summed E-state index contributed by atoms with van der Waals surface area (Å²) in [4.78, 5) is 10.9. The Kier molecular flexibility index (Phi) is 5.24. The highest BCUT2D eigenvalue weighted by Gasteiger charge is 2.21. The first kappa shape index (κ1) is 16.7. The molecular weight excluding hydrogens is 382 g/mol. The Labute approximate surface area is 148 Å². The third kappa shape index (κ3) is 3.54. The summed E-state index contributed by atoms with van der Waals surface area (Å²) in [6.07, 6.45) is 6.76. The number of amides is 1. The molecule has 2 heterocycles. The van der Waals surface area contributed by atoms with Crippen LogP contribution in [-0.2, 0) is 16.0 Å². The highest BCUT2D eigenvalue weighted by molar-refractivity contribution is 9.10. The first-order valence-corrected chi connectivity index (χ1v) is 8.99. The van der Waals surface area contributed by atoms with Crippen molar-refractivity contribution >= 4 is 44.3 Å². The fourth-order valence-electron chi connectivity index (χ4n) is 2.97. The molecular formula is C16H19BrClN3O2. The van der Waals surface area contributed by atoms with Crippen LogP contribution in [0.4, 0.5) is 0 Å². The molecule has 1 amide bonds. The first-order valence-electron chi connectivity index (χ1n) is 7.82. The maximum absolute atomic E-state index is 10.9. The monoisotopic (exact) mass is 399 g/mol. The Morgan fingerprint density at radius 2 is 2.35 bits per heavy atom. The minimum Gasteiger partial charge on any atom is -0.370 e. The molecule has 1 fully saturated rings. The van der Waals surface area contributed by atoms with E-state index in [0.717, 1.165) is 46.8 Å². The average Bonchev–Trinajstić information content (AvgIpc) is 2.95. The van der Waals surface area contributed by atoms with Gasteiger partial charge in [-0.1, -0.05) is 11.6 Å². The SMILES string of the molecule is NC(=O)CCCc1c(Cl)cc2c(cnn2C2CCCCO2)c1Br. The van der Waals surface area contributed by atoms with Crippen LogP contribution in [0.3, 0.4) is 0 Å². The molecule has 1 saturated heterocycles. The van der Waals surface area contributed by atoms with Gasteiger partial charge in [-0.2, -0.15) is 5.10 Å². The zero-order valence-corrected chi connectivity index (χ0v) is 15.1. The van der Waals surface area contributed by atoms with E-state index in [0.29, 0.717) is 24.3 Å². The van der Waals surface area contributed by atoms with Gasteiger partial charge in [0.1, 0.15) is 0 Å². The Hall–Kier alpha value is -1.11. The third-order valence-corrected chi connectivity index (χ3v) is 5.41. The summed E-state index contributed by atoms with van der Waals surface area (Å²) in [5.41, 5.74) is 7.15. The van der Waals surface area contributed by atoms with E-state index >= 15 is 0 Å². The molecule has 1 aromatic heterocycles. The predicted molar refractivity (Wildman–Crippen MR) is 93.4 cm³/mol. The number of benzene rings is 1. The van der Waals surface area contributed by atoms with E-state index in [1.54, 1.807) is 0 Å². The zero-order chi connectivity index (χ0) is 16.4. The molecule has 1 aliphatic heterocycles. The van der Waals surface area contributed by atoms with Gasteiger partial charge in [0.2, 0.25) is 5.91 Å².